The summed E-state index contributed by atoms with van der Waals surface area (Å²) in [6.45, 7) is 3.25. The Balaban J connectivity index is 2.08. The van der Waals surface area contributed by atoms with Crippen molar-refractivity contribution in [2.75, 3.05) is 6.54 Å². The Labute approximate surface area is 79.5 Å². The van der Waals surface area contributed by atoms with Crippen LogP contribution in [0.2, 0.25) is 0 Å². The third-order valence-corrected chi connectivity index (χ3v) is 2.63. The molecule has 0 amide bonds. The molecule has 0 aromatic rings. The van der Waals surface area contributed by atoms with Gasteiger partial charge in [0, 0.05) is 12.8 Å². The maximum atomic E-state index is 4.57. The van der Waals surface area contributed by atoms with E-state index in [0.717, 1.165) is 37.4 Å². The van der Waals surface area contributed by atoms with Crippen LogP contribution in [0.1, 0.15) is 32.6 Å². The van der Waals surface area contributed by atoms with Crippen LogP contribution < -0.4 is 0 Å². The van der Waals surface area contributed by atoms with E-state index in [0.29, 0.717) is 0 Å². The molecular formula is C11H16N2. The van der Waals surface area contributed by atoms with Crippen molar-refractivity contribution in [1.29, 1.82) is 0 Å². The second kappa shape index (κ2) is 3.86. The number of hydrogen-bond donors (Lipinski definition) is 0. The quantitative estimate of drug-likeness (QED) is 0.586. The highest BCUT2D eigenvalue weighted by molar-refractivity contribution is 6.01. The lowest BCUT2D eigenvalue weighted by Crippen LogP contribution is -2.15. The highest BCUT2D eigenvalue weighted by Crippen LogP contribution is 2.19. The number of hydrogen-bond acceptors (Lipinski definition) is 2. The molecule has 0 aromatic heterocycles. The summed E-state index contributed by atoms with van der Waals surface area (Å²) < 4.78 is 0. The second-order valence-electron chi connectivity index (χ2n) is 3.91. The predicted octanol–water partition coefficient (Wildman–Crippen LogP) is 2.61. The van der Waals surface area contributed by atoms with Crippen molar-refractivity contribution in [3.63, 3.8) is 0 Å². The molecule has 1 atom stereocenters. The summed E-state index contributed by atoms with van der Waals surface area (Å²) in [4.78, 5) is 8.95. The minimum Gasteiger partial charge on any atom is -0.287 e. The first-order valence-electron chi connectivity index (χ1n) is 5.12. The molecule has 0 aromatic carbocycles. The van der Waals surface area contributed by atoms with E-state index in [4.69, 9.17) is 0 Å². The number of rotatable bonds is 1. The zero-order valence-electron chi connectivity index (χ0n) is 8.16. The Kier molecular flexibility index (Phi) is 2.57. The molecule has 0 bridgehead atoms. The minimum absolute atomic E-state index is 0.761. The largest absolute Gasteiger partial charge is 0.287 e. The molecule has 2 rings (SSSR count). The van der Waals surface area contributed by atoms with Gasteiger partial charge in [-0.15, -0.1) is 0 Å². The Bertz CT molecular complexity index is 274. The normalized spacial score (nSPS) is 28.2. The summed E-state index contributed by atoms with van der Waals surface area (Å²) in [5.41, 5.74) is 2.37. The van der Waals surface area contributed by atoms with Gasteiger partial charge < -0.3 is 0 Å². The van der Waals surface area contributed by atoms with Crippen LogP contribution in [-0.2, 0) is 0 Å². The third kappa shape index (κ3) is 2.06. The maximum absolute atomic E-state index is 4.57. The minimum atomic E-state index is 0.761. The SMILES string of the molecule is CC1CCC(C2=CCCC=N2)=NC1. The molecule has 0 fully saturated rings. The van der Waals surface area contributed by atoms with Crippen molar-refractivity contribution >= 4 is 11.9 Å². The first kappa shape index (κ1) is 8.67. The highest BCUT2D eigenvalue weighted by Gasteiger charge is 2.14. The molecule has 2 nitrogen and oxygen atoms in total. The van der Waals surface area contributed by atoms with E-state index in [2.05, 4.69) is 23.0 Å². The summed E-state index contributed by atoms with van der Waals surface area (Å²) >= 11 is 0. The van der Waals surface area contributed by atoms with Gasteiger partial charge in [0.2, 0.25) is 0 Å². The maximum Gasteiger partial charge on any atom is 0.0796 e. The fourth-order valence-corrected chi connectivity index (χ4v) is 1.73. The molecule has 0 radical (unpaired) electrons. The van der Waals surface area contributed by atoms with Crippen molar-refractivity contribution in [2.45, 2.75) is 32.6 Å². The van der Waals surface area contributed by atoms with Gasteiger partial charge in [-0.2, -0.15) is 0 Å². The highest BCUT2D eigenvalue weighted by atomic mass is 14.8. The van der Waals surface area contributed by atoms with E-state index in [1.165, 1.54) is 12.1 Å². The molecule has 70 valence electrons. The Hall–Kier alpha value is -0.920. The zero-order valence-corrected chi connectivity index (χ0v) is 8.16. The predicted molar refractivity (Wildman–Crippen MR) is 56.5 cm³/mol. The van der Waals surface area contributed by atoms with Crippen LogP contribution in [0.4, 0.5) is 0 Å². The van der Waals surface area contributed by atoms with Crippen LogP contribution in [0.5, 0.6) is 0 Å². The fraction of sp³-hybridized carbons (Fsp3) is 0.636. The monoisotopic (exact) mass is 176 g/mol. The van der Waals surface area contributed by atoms with Crippen molar-refractivity contribution in [1.82, 2.24) is 0 Å². The molecule has 0 N–H and O–H groups in total. The summed E-state index contributed by atoms with van der Waals surface area (Å²) in [6.07, 6.45) is 8.83. The lowest BCUT2D eigenvalue weighted by molar-refractivity contribution is 0.538. The van der Waals surface area contributed by atoms with Crippen LogP contribution in [0.3, 0.4) is 0 Å². The average molecular weight is 176 g/mol. The standard InChI is InChI=1S/C11H16N2/c1-9-5-6-11(13-8-9)10-4-2-3-7-12-10/h4,7,9H,2-3,5-6,8H2,1H3. The van der Waals surface area contributed by atoms with Gasteiger partial charge >= 0.3 is 0 Å². The van der Waals surface area contributed by atoms with Gasteiger partial charge in [-0.25, -0.2) is 0 Å². The molecular weight excluding hydrogens is 160 g/mol. The summed E-state index contributed by atoms with van der Waals surface area (Å²) in [5, 5.41) is 0. The zero-order chi connectivity index (χ0) is 9.10. The average Bonchev–Trinajstić information content (AvgIpc) is 2.20. The van der Waals surface area contributed by atoms with Gasteiger partial charge in [0.25, 0.3) is 0 Å². The van der Waals surface area contributed by atoms with Crippen molar-refractivity contribution in [3.8, 4) is 0 Å². The topological polar surface area (TPSA) is 24.7 Å². The molecule has 2 heterocycles. The molecule has 0 saturated heterocycles. The molecule has 1 unspecified atom stereocenters. The van der Waals surface area contributed by atoms with Crippen LogP contribution in [0.25, 0.3) is 0 Å². The molecule has 2 aliphatic heterocycles. The van der Waals surface area contributed by atoms with Gasteiger partial charge in [0.1, 0.15) is 0 Å². The molecule has 0 aliphatic carbocycles. The van der Waals surface area contributed by atoms with Gasteiger partial charge in [0.15, 0.2) is 0 Å². The van der Waals surface area contributed by atoms with E-state index in [1.807, 2.05) is 6.21 Å². The third-order valence-electron chi connectivity index (χ3n) is 2.63. The number of allylic oxidation sites excluding steroid dienone is 2. The van der Waals surface area contributed by atoms with Crippen LogP contribution >= 0.6 is 0 Å². The summed E-state index contributed by atoms with van der Waals surface area (Å²) in [7, 11) is 0. The lowest BCUT2D eigenvalue weighted by Gasteiger charge is -2.18. The smallest absolute Gasteiger partial charge is 0.0796 e. The molecule has 2 aliphatic rings. The molecule has 0 saturated carbocycles. The van der Waals surface area contributed by atoms with Crippen LogP contribution in [-0.4, -0.2) is 18.5 Å². The fourth-order valence-electron chi connectivity index (χ4n) is 1.73. The van der Waals surface area contributed by atoms with E-state index in [-0.39, 0.29) is 0 Å². The van der Waals surface area contributed by atoms with E-state index < -0.39 is 0 Å². The molecule has 0 spiro atoms. The van der Waals surface area contributed by atoms with E-state index in [9.17, 15) is 0 Å². The van der Waals surface area contributed by atoms with Crippen molar-refractivity contribution in [2.24, 2.45) is 15.9 Å². The lowest BCUT2D eigenvalue weighted by atomic mass is 9.97. The number of aliphatic imine (C=N–C) groups is 2. The van der Waals surface area contributed by atoms with Crippen molar-refractivity contribution < 1.29 is 0 Å². The number of nitrogens with zero attached hydrogens (tertiary/aromatic N) is 2. The second-order valence-corrected chi connectivity index (χ2v) is 3.91. The molecule has 13 heavy (non-hydrogen) atoms. The first-order valence-corrected chi connectivity index (χ1v) is 5.12. The van der Waals surface area contributed by atoms with Crippen molar-refractivity contribution in [3.05, 3.63) is 11.8 Å². The Morgan fingerprint density at radius 3 is 2.92 bits per heavy atom. The van der Waals surface area contributed by atoms with Gasteiger partial charge in [-0.05, 0) is 31.6 Å². The van der Waals surface area contributed by atoms with E-state index >= 15 is 0 Å². The van der Waals surface area contributed by atoms with Gasteiger partial charge in [-0.3, -0.25) is 9.98 Å². The summed E-state index contributed by atoms with van der Waals surface area (Å²) in [5.74, 6) is 0.761. The Morgan fingerprint density at radius 1 is 1.38 bits per heavy atom. The molecule has 2 heteroatoms. The first-order chi connectivity index (χ1) is 6.36. The van der Waals surface area contributed by atoms with E-state index in [1.54, 1.807) is 0 Å². The van der Waals surface area contributed by atoms with Gasteiger partial charge in [-0.1, -0.05) is 13.0 Å². The summed E-state index contributed by atoms with van der Waals surface area (Å²) in [6, 6.07) is 0. The van der Waals surface area contributed by atoms with Crippen LogP contribution in [0.15, 0.2) is 21.8 Å². The van der Waals surface area contributed by atoms with Gasteiger partial charge in [0.05, 0.1) is 11.4 Å². The Morgan fingerprint density at radius 2 is 2.31 bits per heavy atom. The van der Waals surface area contributed by atoms with Crippen LogP contribution in [0, 0.1) is 5.92 Å².